The van der Waals surface area contributed by atoms with Crippen molar-refractivity contribution in [1.29, 1.82) is 0 Å². The van der Waals surface area contributed by atoms with Crippen molar-refractivity contribution in [3.05, 3.63) is 218 Å². The number of fused-ring (bicyclic) bond motifs is 24. The number of para-hydroxylation sites is 3. The fraction of sp³-hybridized carbons (Fsp3) is 0.101. The summed E-state index contributed by atoms with van der Waals surface area (Å²) >= 11 is 0. The first-order chi connectivity index (χ1) is 43.0. The molecule has 17 nitrogen and oxygen atoms in total. The Hall–Kier alpha value is -9.97. The van der Waals surface area contributed by atoms with E-state index in [-0.39, 0.29) is 19.5 Å². The van der Waals surface area contributed by atoms with Gasteiger partial charge in [0.2, 0.25) is 30.1 Å². The number of aromatic nitrogens is 11. The van der Waals surface area contributed by atoms with Gasteiger partial charge in [-0.25, -0.2) is 47.1 Å². The molecule has 0 amide bonds. The van der Waals surface area contributed by atoms with Crippen molar-refractivity contribution in [2.24, 2.45) is 0 Å². The van der Waals surface area contributed by atoms with E-state index < -0.39 is 30.1 Å². The molecule has 8 aromatic carbocycles. The molecule has 0 saturated carbocycles. The predicted octanol–water partition coefficient (Wildman–Crippen LogP) is 13.2. The molecule has 2 aliphatic rings. The average Bonchev–Trinajstić information content (AvgIpc) is 1.61. The van der Waals surface area contributed by atoms with Crippen LogP contribution in [0.4, 0.5) is 0 Å². The largest absolute Gasteiger partial charge is 2.00 e. The molecule has 2 aliphatic heterocycles. The molecule has 0 unspecified atom stereocenters. The zero-order valence-electron chi connectivity index (χ0n) is 49.1. The zero-order valence-corrected chi connectivity index (χ0v) is 54.5. The zero-order chi connectivity index (χ0) is 61.6. The fourth-order valence-corrected chi connectivity index (χ4v) is 13.3. The summed E-state index contributed by atoms with van der Waals surface area (Å²) < 4.78 is 71.5. The SMILES string of the molecule is CCCCC#Cc1cccc2cc3c4nc5nc(nc6[n-]c(nc7nc(nc([n-]4)c3cc12)-c1ccccc1-7)c1ccccc61)-c1ccccc1-5.CS(=O)(=O)n1ccc2ccccc21.CS(=O)(=O)n1ccc2ccccc21.CS(=O)(=O)n1ccc2ccccc21.[Zn+2]. The van der Waals surface area contributed by atoms with Gasteiger partial charge in [0, 0.05) is 91.6 Å². The second-order valence-electron chi connectivity index (χ2n) is 21.2. The van der Waals surface area contributed by atoms with Gasteiger partial charge in [0.05, 0.1) is 58.6 Å². The van der Waals surface area contributed by atoms with Crippen molar-refractivity contribution < 1.29 is 44.7 Å². The molecule has 0 saturated heterocycles. The van der Waals surface area contributed by atoms with E-state index >= 15 is 0 Å². The van der Waals surface area contributed by atoms with Crippen LogP contribution in [0.25, 0.3) is 133 Å². The summed E-state index contributed by atoms with van der Waals surface area (Å²) in [5.74, 6) is 8.92. The predicted molar refractivity (Wildman–Crippen MR) is 354 cm³/mol. The fourth-order valence-electron chi connectivity index (χ4n) is 10.9. The molecule has 21 heteroatoms. The van der Waals surface area contributed by atoms with Crippen LogP contribution in [0.5, 0.6) is 0 Å². The summed E-state index contributed by atoms with van der Waals surface area (Å²) in [5.41, 5.74) is 8.81. The van der Waals surface area contributed by atoms with Gasteiger partial charge in [-0.1, -0.05) is 165 Å². The van der Waals surface area contributed by atoms with E-state index in [2.05, 4.69) is 49.1 Å². The van der Waals surface area contributed by atoms with Gasteiger partial charge in [0.25, 0.3) is 0 Å². The molecule has 8 heterocycles. The third-order valence-electron chi connectivity index (χ3n) is 15.1. The Balaban J connectivity index is 0.000000157. The first-order valence-electron chi connectivity index (χ1n) is 28.3. The van der Waals surface area contributed by atoms with Gasteiger partial charge in [0.1, 0.15) is 0 Å². The molecule has 14 aromatic rings. The molecule has 6 aromatic heterocycles. The number of unbranched alkanes of at least 4 members (excludes halogenated alkanes) is 2. The van der Waals surface area contributed by atoms with Crippen LogP contribution >= 0.6 is 0 Å². The first kappa shape index (κ1) is 60.3. The van der Waals surface area contributed by atoms with Gasteiger partial charge in [-0.05, 0) is 93.3 Å². The summed E-state index contributed by atoms with van der Waals surface area (Å²) in [4.78, 5) is 40.3. The van der Waals surface area contributed by atoms with Crippen LogP contribution in [0.15, 0.2) is 213 Å². The Kier molecular flexibility index (Phi) is 16.4. The Morgan fingerprint density at radius 3 is 1.11 bits per heavy atom. The van der Waals surface area contributed by atoms with Crippen LogP contribution in [0.3, 0.4) is 0 Å². The molecule has 90 heavy (non-hydrogen) atoms. The summed E-state index contributed by atoms with van der Waals surface area (Å²) in [6, 6.07) is 62.0. The van der Waals surface area contributed by atoms with Crippen LogP contribution in [0, 0.1) is 11.8 Å². The molecular weight excluding hydrogens is 1240 g/mol. The van der Waals surface area contributed by atoms with Gasteiger partial charge < -0.3 is 29.9 Å². The third kappa shape index (κ3) is 11.9. The molecule has 8 bridgehead atoms. The Morgan fingerprint density at radius 2 is 0.722 bits per heavy atom. The number of benzene rings is 8. The minimum Gasteiger partial charge on any atom is -0.357 e. The van der Waals surface area contributed by atoms with Crippen molar-refractivity contribution in [2.45, 2.75) is 26.2 Å². The summed E-state index contributed by atoms with van der Waals surface area (Å²) in [7, 11) is -9.51. The van der Waals surface area contributed by atoms with E-state index in [1.165, 1.54) is 30.7 Å². The second kappa shape index (κ2) is 24.5. The van der Waals surface area contributed by atoms with Crippen LogP contribution in [-0.4, -0.2) is 85.8 Å². The van der Waals surface area contributed by atoms with Crippen molar-refractivity contribution >= 4 is 118 Å². The molecule has 16 rings (SSSR count). The third-order valence-corrected chi connectivity index (χ3v) is 18.2. The van der Waals surface area contributed by atoms with Crippen LogP contribution in [0.2, 0.25) is 0 Å². The Bertz CT molecular complexity index is 5520. The van der Waals surface area contributed by atoms with E-state index in [9.17, 15) is 25.3 Å². The van der Waals surface area contributed by atoms with E-state index in [4.69, 9.17) is 39.9 Å². The van der Waals surface area contributed by atoms with Gasteiger partial charge in [-0.15, -0.1) is 0 Å². The molecule has 0 radical (unpaired) electrons. The van der Waals surface area contributed by atoms with Gasteiger partial charge in [-0.3, -0.25) is 0 Å². The molecule has 0 fully saturated rings. The standard InChI is InChI=1S/C42H26N8.3C9H9NO2S.Zn/c1-2-3-4-5-13-24-14-12-15-25-22-33-34(23-32(24)25)42-49-40-31-21-11-9-19-29(31)38(47-40)45-36-27-17-7-6-16-26(27)35(43-36)44-37-28-18-8-10-20-30(28)39(46-37)48-41(33)50-42;3*1-13(11,12)10-7-6-8-4-2-3-5-9(8)10;/h6-12,14-23H,2-4H2,1H3;3*2-7H,1H3;/q-2;;;;+2. The molecule has 0 atom stereocenters. The first-order valence-corrected chi connectivity index (χ1v) is 33.9. The molecular formula is C69H53N11O6S3Zn. The van der Waals surface area contributed by atoms with Crippen LogP contribution in [-0.2, 0) is 49.5 Å². The van der Waals surface area contributed by atoms with Crippen LogP contribution in [0.1, 0.15) is 31.7 Å². The maximum Gasteiger partial charge on any atom is 2.00 e. The monoisotopic (exact) mass is 1290 g/mol. The molecule has 0 aliphatic carbocycles. The average molecular weight is 1290 g/mol. The maximum absolute atomic E-state index is 11.3. The number of hydrogen-bond acceptors (Lipinski definition) is 12. The van der Waals surface area contributed by atoms with Gasteiger partial charge in [0.15, 0.2) is 0 Å². The number of hydrogen-bond donors (Lipinski definition) is 0. The molecule has 0 spiro atoms. The van der Waals surface area contributed by atoms with Crippen LogP contribution < -0.4 is 9.97 Å². The van der Waals surface area contributed by atoms with E-state index in [1.54, 1.807) is 55.0 Å². The van der Waals surface area contributed by atoms with Crippen molar-refractivity contribution in [1.82, 2.24) is 51.8 Å². The van der Waals surface area contributed by atoms with E-state index in [0.29, 0.717) is 45.9 Å². The van der Waals surface area contributed by atoms with E-state index in [0.717, 1.165) is 112 Å². The van der Waals surface area contributed by atoms with Gasteiger partial charge >= 0.3 is 19.5 Å². The van der Waals surface area contributed by atoms with Gasteiger partial charge in [-0.2, -0.15) is 0 Å². The van der Waals surface area contributed by atoms with Crippen molar-refractivity contribution in [3.8, 4) is 57.4 Å². The van der Waals surface area contributed by atoms with Crippen molar-refractivity contribution in [3.63, 3.8) is 0 Å². The quantitative estimate of drug-likeness (QED) is 0.0888. The summed E-state index contributed by atoms with van der Waals surface area (Å²) in [6.45, 7) is 2.18. The minimum atomic E-state index is -3.17. The molecule has 440 valence electrons. The Morgan fingerprint density at radius 1 is 0.378 bits per heavy atom. The smallest absolute Gasteiger partial charge is 0.357 e. The maximum atomic E-state index is 11.3. The summed E-state index contributed by atoms with van der Waals surface area (Å²) in [6.07, 6.45) is 11.4. The Labute approximate surface area is 531 Å². The molecule has 0 N–H and O–H groups in total. The minimum absolute atomic E-state index is 0. The topological polar surface area (TPSA) is 223 Å². The van der Waals surface area contributed by atoms with Crippen molar-refractivity contribution in [2.75, 3.05) is 18.8 Å². The van der Waals surface area contributed by atoms with E-state index in [1.807, 2.05) is 127 Å². The number of nitrogens with zero attached hydrogens (tertiary/aromatic N) is 11. The normalized spacial score (nSPS) is 11.8. The summed E-state index contributed by atoms with van der Waals surface area (Å²) in [5, 5.41) is 8.42. The second-order valence-corrected chi connectivity index (χ2v) is 26.8. The number of rotatable bonds is 5.